The van der Waals surface area contributed by atoms with E-state index < -0.39 is 13.4 Å². The Hall–Kier alpha value is -2.22. The molecule has 1 aliphatic carbocycles. The lowest BCUT2D eigenvalue weighted by Gasteiger charge is -2.24. The van der Waals surface area contributed by atoms with Gasteiger partial charge in [-0.2, -0.15) is 0 Å². The maximum absolute atomic E-state index is 11.0. The van der Waals surface area contributed by atoms with Crippen molar-refractivity contribution < 1.29 is 28.5 Å². The van der Waals surface area contributed by atoms with Crippen LogP contribution in [0, 0.1) is 0 Å². The molecule has 0 aliphatic heterocycles. The maximum atomic E-state index is 11.0. The van der Waals surface area contributed by atoms with Gasteiger partial charge in [-0.1, -0.05) is 41.6 Å². The Kier molecular flexibility index (Phi) is 7.51. The summed E-state index contributed by atoms with van der Waals surface area (Å²) >= 11 is 0. The van der Waals surface area contributed by atoms with E-state index in [4.69, 9.17) is 25.1 Å². The van der Waals surface area contributed by atoms with Gasteiger partial charge in [0.2, 0.25) is 0 Å². The van der Waals surface area contributed by atoms with E-state index in [-0.39, 0.29) is 12.5 Å². The molecule has 0 spiro atoms. The van der Waals surface area contributed by atoms with Gasteiger partial charge in [0, 0.05) is 5.54 Å². The van der Waals surface area contributed by atoms with Gasteiger partial charge in [0.25, 0.3) is 0 Å². The van der Waals surface area contributed by atoms with Crippen molar-refractivity contribution in [1.29, 1.82) is 0 Å². The van der Waals surface area contributed by atoms with Gasteiger partial charge in [-0.05, 0) is 60.9 Å². The number of hydrogen-bond acceptors (Lipinski definition) is 6. The van der Waals surface area contributed by atoms with Gasteiger partial charge < -0.3 is 25.1 Å². The number of benzene rings is 2. The first kappa shape index (κ1) is 23.4. The van der Waals surface area contributed by atoms with Crippen molar-refractivity contribution in [2.24, 2.45) is 10.9 Å². The highest BCUT2D eigenvalue weighted by Gasteiger charge is 2.38. The van der Waals surface area contributed by atoms with Crippen LogP contribution in [0.1, 0.15) is 48.8 Å². The number of nitrogens with two attached hydrogens (primary N) is 1. The second kappa shape index (κ2) is 9.94. The number of hydrogen-bond donors (Lipinski definition) is 3. The van der Waals surface area contributed by atoms with Crippen LogP contribution < -0.4 is 10.5 Å². The normalized spacial score (nSPS) is 21.8. The molecule has 0 amide bonds. The predicted molar refractivity (Wildman–Crippen MR) is 118 cm³/mol. The highest BCUT2D eigenvalue weighted by molar-refractivity contribution is 7.46. The Morgan fingerprint density at radius 1 is 1.26 bits per heavy atom. The van der Waals surface area contributed by atoms with Crippen LogP contribution in [0.4, 0.5) is 0 Å². The summed E-state index contributed by atoms with van der Waals surface area (Å²) in [6.07, 6.45) is 2.11. The van der Waals surface area contributed by atoms with E-state index in [0.29, 0.717) is 19.4 Å². The molecular weight excluding hydrogens is 419 g/mol. The van der Waals surface area contributed by atoms with E-state index in [9.17, 15) is 4.57 Å². The first-order valence-corrected chi connectivity index (χ1v) is 11.6. The lowest BCUT2D eigenvalue weighted by molar-refractivity contribution is 0.130. The molecule has 2 atom stereocenters. The van der Waals surface area contributed by atoms with Crippen LogP contribution in [0.25, 0.3) is 0 Å². The SMILES string of the molecule is COc1cccc(CO/N=C(\C)c2ccc([C@@H]3CC[C@](N)(COP(=O)(O)O)C3)cc2)c1. The third-order valence-corrected chi connectivity index (χ3v) is 6.00. The third-order valence-electron chi connectivity index (χ3n) is 5.53. The zero-order chi connectivity index (χ0) is 22.5. The molecule has 3 rings (SSSR count). The largest absolute Gasteiger partial charge is 0.497 e. The standard InChI is InChI=1S/C22H29N2O6P/c1-16(24-29-14-17-4-3-5-21(12-17)28-2)18-6-8-19(9-7-18)20-10-11-22(23,13-20)15-30-31(25,26)27/h3-9,12,20H,10-11,13-15,23H2,1-2H3,(H2,25,26,27)/b24-16+/t20-,22-/m1/s1. The topological polar surface area (TPSA) is 124 Å². The Morgan fingerprint density at radius 2 is 2.00 bits per heavy atom. The lowest BCUT2D eigenvalue weighted by Crippen LogP contribution is -2.41. The van der Waals surface area contributed by atoms with Crippen LogP contribution in [0.2, 0.25) is 0 Å². The van der Waals surface area contributed by atoms with Crippen molar-refractivity contribution in [3.63, 3.8) is 0 Å². The molecule has 1 fully saturated rings. The fourth-order valence-electron chi connectivity index (χ4n) is 3.80. The first-order valence-electron chi connectivity index (χ1n) is 10.1. The van der Waals surface area contributed by atoms with Gasteiger partial charge >= 0.3 is 7.82 Å². The van der Waals surface area contributed by atoms with Gasteiger partial charge in [0.1, 0.15) is 12.4 Å². The summed E-state index contributed by atoms with van der Waals surface area (Å²) in [5.41, 5.74) is 9.39. The van der Waals surface area contributed by atoms with E-state index in [2.05, 4.69) is 9.68 Å². The number of nitrogens with zero attached hydrogens (tertiary/aromatic N) is 1. The first-order chi connectivity index (χ1) is 14.7. The minimum atomic E-state index is -4.51. The lowest BCUT2D eigenvalue weighted by atomic mass is 9.93. The smallest absolute Gasteiger partial charge is 0.469 e. The van der Waals surface area contributed by atoms with Crippen LogP contribution in [-0.2, 0) is 20.5 Å². The molecule has 4 N–H and O–H groups in total. The summed E-state index contributed by atoms with van der Waals surface area (Å²) in [4.78, 5) is 23.3. The molecule has 31 heavy (non-hydrogen) atoms. The molecule has 2 aromatic rings. The molecule has 0 radical (unpaired) electrons. The van der Waals surface area contributed by atoms with Crippen LogP contribution in [0.15, 0.2) is 53.7 Å². The fraction of sp³-hybridized carbons (Fsp3) is 0.409. The monoisotopic (exact) mass is 448 g/mol. The fourth-order valence-corrected chi connectivity index (χ4v) is 4.23. The third kappa shape index (κ3) is 6.89. The average molecular weight is 448 g/mol. The Labute approximate surface area is 182 Å². The second-order valence-electron chi connectivity index (χ2n) is 7.99. The molecule has 8 nitrogen and oxygen atoms in total. The second-order valence-corrected chi connectivity index (χ2v) is 9.23. The molecule has 1 saturated carbocycles. The van der Waals surface area contributed by atoms with Gasteiger partial charge in [-0.25, -0.2) is 4.57 Å². The van der Waals surface area contributed by atoms with Crippen molar-refractivity contribution >= 4 is 13.5 Å². The Bertz CT molecular complexity index is 959. The molecule has 9 heteroatoms. The van der Waals surface area contributed by atoms with Crippen LogP contribution in [-0.4, -0.2) is 34.8 Å². The van der Waals surface area contributed by atoms with E-state index in [1.807, 2.05) is 55.5 Å². The highest BCUT2D eigenvalue weighted by Crippen LogP contribution is 2.43. The Morgan fingerprint density at radius 3 is 2.68 bits per heavy atom. The number of phosphoric ester groups is 1. The summed E-state index contributed by atoms with van der Waals surface area (Å²) in [5.74, 6) is 1.00. The van der Waals surface area contributed by atoms with Crippen molar-refractivity contribution in [3.05, 3.63) is 65.2 Å². The average Bonchev–Trinajstić information content (AvgIpc) is 3.15. The predicted octanol–water partition coefficient (Wildman–Crippen LogP) is 3.71. The van der Waals surface area contributed by atoms with E-state index >= 15 is 0 Å². The van der Waals surface area contributed by atoms with Gasteiger partial charge in [0.05, 0.1) is 19.4 Å². The molecule has 168 valence electrons. The van der Waals surface area contributed by atoms with Gasteiger partial charge in [0.15, 0.2) is 0 Å². The van der Waals surface area contributed by atoms with Gasteiger partial charge in [-0.15, -0.1) is 0 Å². The molecule has 2 aromatic carbocycles. The molecule has 0 heterocycles. The Balaban J connectivity index is 1.55. The summed E-state index contributed by atoms with van der Waals surface area (Å²) in [6, 6.07) is 15.7. The summed E-state index contributed by atoms with van der Waals surface area (Å²) in [5, 5.41) is 4.21. The van der Waals surface area contributed by atoms with Crippen molar-refractivity contribution in [2.75, 3.05) is 13.7 Å². The molecule has 1 aliphatic rings. The number of oxime groups is 1. The number of ether oxygens (including phenoxy) is 1. The summed E-state index contributed by atoms with van der Waals surface area (Å²) in [7, 11) is -2.89. The quantitative estimate of drug-likeness (QED) is 0.303. The van der Waals surface area contributed by atoms with Crippen LogP contribution >= 0.6 is 7.82 Å². The molecule has 0 unspecified atom stereocenters. The zero-order valence-electron chi connectivity index (χ0n) is 17.7. The highest BCUT2D eigenvalue weighted by atomic mass is 31.2. The van der Waals surface area contributed by atoms with Crippen molar-refractivity contribution in [2.45, 2.75) is 44.2 Å². The molecule has 0 aromatic heterocycles. The van der Waals surface area contributed by atoms with E-state index in [0.717, 1.165) is 34.6 Å². The van der Waals surface area contributed by atoms with Crippen LogP contribution in [0.3, 0.4) is 0 Å². The molecule has 0 bridgehead atoms. The zero-order valence-corrected chi connectivity index (χ0v) is 18.6. The van der Waals surface area contributed by atoms with E-state index in [1.165, 1.54) is 0 Å². The van der Waals surface area contributed by atoms with Gasteiger partial charge in [-0.3, -0.25) is 4.52 Å². The minimum absolute atomic E-state index is 0.151. The number of methoxy groups -OCH3 is 1. The molecular formula is C22H29N2O6P. The number of phosphoric acid groups is 1. The summed E-state index contributed by atoms with van der Waals surface area (Å²) < 4.78 is 20.8. The molecule has 0 saturated heterocycles. The van der Waals surface area contributed by atoms with Crippen molar-refractivity contribution in [1.82, 2.24) is 0 Å². The van der Waals surface area contributed by atoms with Crippen LogP contribution in [0.5, 0.6) is 5.75 Å². The summed E-state index contributed by atoms with van der Waals surface area (Å²) in [6.45, 7) is 2.09. The van der Waals surface area contributed by atoms with E-state index in [1.54, 1.807) is 7.11 Å². The number of rotatable bonds is 9. The maximum Gasteiger partial charge on any atom is 0.469 e. The minimum Gasteiger partial charge on any atom is -0.497 e. The van der Waals surface area contributed by atoms with Crippen molar-refractivity contribution in [3.8, 4) is 5.75 Å².